The summed E-state index contributed by atoms with van der Waals surface area (Å²) < 4.78 is 53.2. The number of hydrogen-bond acceptors (Lipinski definition) is 2. The van der Waals surface area contributed by atoms with E-state index in [0.29, 0.717) is 18.9 Å². The van der Waals surface area contributed by atoms with E-state index in [1.54, 1.807) is 0 Å². The van der Waals surface area contributed by atoms with Gasteiger partial charge in [-0.15, -0.1) is 0 Å². The summed E-state index contributed by atoms with van der Waals surface area (Å²) in [6.07, 6.45) is -2.58. The first kappa shape index (κ1) is 24.9. The van der Waals surface area contributed by atoms with Crippen molar-refractivity contribution < 1.29 is 22.4 Å². The predicted octanol–water partition coefficient (Wildman–Crippen LogP) is 6.26. The molecule has 0 aromatic heterocycles. The van der Waals surface area contributed by atoms with E-state index in [0.717, 1.165) is 38.2 Å². The average molecular weight is 485 g/mol. The minimum Gasteiger partial charge on any atom is -0.349 e. The van der Waals surface area contributed by atoms with Crippen LogP contribution in [0.4, 0.5) is 17.6 Å². The highest BCUT2D eigenvalue weighted by molar-refractivity contribution is 5.94. The first-order valence-corrected chi connectivity index (χ1v) is 11.8. The molecule has 1 amide bonds. The number of nitrogens with zero attached hydrogens (tertiary/aromatic N) is 1. The van der Waals surface area contributed by atoms with Gasteiger partial charge < -0.3 is 10.2 Å². The normalized spacial score (nSPS) is 15.3. The van der Waals surface area contributed by atoms with Gasteiger partial charge in [-0.1, -0.05) is 66.7 Å². The number of halogens is 4. The molecule has 3 aromatic rings. The van der Waals surface area contributed by atoms with E-state index in [4.69, 9.17) is 0 Å². The van der Waals surface area contributed by atoms with Crippen LogP contribution in [0.3, 0.4) is 0 Å². The monoisotopic (exact) mass is 484 g/mol. The van der Waals surface area contributed by atoms with Crippen molar-refractivity contribution in [2.75, 3.05) is 19.6 Å². The van der Waals surface area contributed by atoms with Gasteiger partial charge in [-0.05, 0) is 49.1 Å². The van der Waals surface area contributed by atoms with Crippen LogP contribution in [-0.4, -0.2) is 36.5 Å². The van der Waals surface area contributed by atoms with Gasteiger partial charge in [0, 0.05) is 25.0 Å². The smallest absolute Gasteiger partial charge is 0.349 e. The zero-order valence-corrected chi connectivity index (χ0v) is 19.3. The fourth-order valence-electron chi connectivity index (χ4n) is 4.70. The maximum absolute atomic E-state index is 14.3. The fourth-order valence-corrected chi connectivity index (χ4v) is 4.70. The van der Waals surface area contributed by atoms with Crippen molar-refractivity contribution in [3.8, 4) is 0 Å². The van der Waals surface area contributed by atoms with Gasteiger partial charge in [0.15, 0.2) is 0 Å². The molecule has 1 fully saturated rings. The SMILES string of the molecule is O=C(NC1CCN(CCC(c2ccccc2)c2ccccc2)CC1)c1cccc(C(F)(F)F)c1F. The Labute approximate surface area is 202 Å². The lowest BCUT2D eigenvalue weighted by molar-refractivity contribution is -0.140. The summed E-state index contributed by atoms with van der Waals surface area (Å²) in [5, 5.41) is 2.72. The summed E-state index contributed by atoms with van der Waals surface area (Å²) in [6.45, 7) is 2.40. The van der Waals surface area contributed by atoms with Crippen LogP contribution in [0, 0.1) is 5.82 Å². The lowest BCUT2D eigenvalue weighted by Crippen LogP contribution is -2.45. The molecule has 184 valence electrons. The van der Waals surface area contributed by atoms with Crippen molar-refractivity contribution in [1.29, 1.82) is 0 Å². The molecule has 1 saturated heterocycles. The van der Waals surface area contributed by atoms with E-state index in [1.165, 1.54) is 11.1 Å². The Morgan fingerprint density at radius 1 is 0.886 bits per heavy atom. The van der Waals surface area contributed by atoms with Crippen molar-refractivity contribution in [3.05, 3.63) is 107 Å². The number of carbonyl (C=O) groups excluding carboxylic acids is 1. The first-order valence-electron chi connectivity index (χ1n) is 11.8. The Balaban J connectivity index is 1.32. The third-order valence-electron chi connectivity index (χ3n) is 6.61. The number of rotatable bonds is 7. The van der Waals surface area contributed by atoms with E-state index in [2.05, 4.69) is 34.5 Å². The van der Waals surface area contributed by atoms with Gasteiger partial charge in [0.2, 0.25) is 0 Å². The second-order valence-corrected chi connectivity index (χ2v) is 8.92. The molecule has 0 bridgehead atoms. The minimum absolute atomic E-state index is 0.202. The molecule has 1 N–H and O–H groups in total. The zero-order valence-electron chi connectivity index (χ0n) is 19.3. The molecule has 0 saturated carbocycles. The van der Waals surface area contributed by atoms with Crippen LogP contribution in [-0.2, 0) is 6.18 Å². The maximum Gasteiger partial charge on any atom is 0.419 e. The number of carbonyl (C=O) groups is 1. The number of hydrogen-bond donors (Lipinski definition) is 1. The van der Waals surface area contributed by atoms with Crippen LogP contribution < -0.4 is 5.32 Å². The van der Waals surface area contributed by atoms with Crippen molar-refractivity contribution in [2.24, 2.45) is 0 Å². The molecule has 3 aromatic carbocycles. The largest absolute Gasteiger partial charge is 0.419 e. The molecule has 4 rings (SSSR count). The molecule has 7 heteroatoms. The highest BCUT2D eigenvalue weighted by Gasteiger charge is 2.36. The fraction of sp³-hybridized carbons (Fsp3) is 0.321. The van der Waals surface area contributed by atoms with Crippen LogP contribution in [0.1, 0.15) is 52.2 Å². The van der Waals surface area contributed by atoms with Crippen LogP contribution >= 0.6 is 0 Å². The van der Waals surface area contributed by atoms with Crippen molar-refractivity contribution in [2.45, 2.75) is 37.4 Å². The predicted molar refractivity (Wildman–Crippen MR) is 128 cm³/mol. The molecule has 35 heavy (non-hydrogen) atoms. The Morgan fingerprint density at radius 3 is 2.00 bits per heavy atom. The quantitative estimate of drug-likeness (QED) is 0.402. The van der Waals surface area contributed by atoms with Crippen molar-refractivity contribution in [1.82, 2.24) is 10.2 Å². The van der Waals surface area contributed by atoms with Gasteiger partial charge >= 0.3 is 6.18 Å². The van der Waals surface area contributed by atoms with Crippen molar-refractivity contribution in [3.63, 3.8) is 0 Å². The number of alkyl halides is 3. The van der Waals surface area contributed by atoms with Gasteiger partial charge in [0.1, 0.15) is 5.82 Å². The topological polar surface area (TPSA) is 32.3 Å². The molecule has 0 radical (unpaired) electrons. The van der Waals surface area contributed by atoms with Crippen LogP contribution in [0.25, 0.3) is 0 Å². The average Bonchev–Trinajstić information content (AvgIpc) is 2.86. The third kappa shape index (κ3) is 6.28. The molecule has 3 nitrogen and oxygen atoms in total. The van der Waals surface area contributed by atoms with Gasteiger partial charge in [0.05, 0.1) is 11.1 Å². The van der Waals surface area contributed by atoms with Gasteiger partial charge in [-0.3, -0.25) is 4.79 Å². The number of benzene rings is 3. The second kappa shape index (κ2) is 11.0. The molecular weight excluding hydrogens is 456 g/mol. The summed E-state index contributed by atoms with van der Waals surface area (Å²) in [7, 11) is 0. The summed E-state index contributed by atoms with van der Waals surface area (Å²) >= 11 is 0. The van der Waals surface area contributed by atoms with E-state index >= 15 is 0 Å². The number of piperidine rings is 1. The highest BCUT2D eigenvalue weighted by atomic mass is 19.4. The summed E-state index contributed by atoms with van der Waals surface area (Å²) in [5.41, 5.74) is 0.537. The summed E-state index contributed by atoms with van der Waals surface area (Å²) in [6, 6.07) is 23.4. The highest BCUT2D eigenvalue weighted by Crippen LogP contribution is 2.32. The Kier molecular flexibility index (Phi) is 7.86. The molecule has 1 heterocycles. The standard InChI is InChI=1S/C28H28F4N2O/c29-26-24(12-7-13-25(26)28(30,31)32)27(35)33-22-14-17-34(18-15-22)19-16-23(20-8-3-1-4-9-20)21-10-5-2-6-11-21/h1-13,22-23H,14-19H2,(H,33,35). The second-order valence-electron chi connectivity index (χ2n) is 8.92. The van der Waals surface area contributed by atoms with E-state index in [-0.39, 0.29) is 12.0 Å². The van der Waals surface area contributed by atoms with E-state index < -0.39 is 29.0 Å². The Bertz CT molecular complexity index is 1070. The lowest BCUT2D eigenvalue weighted by atomic mass is 9.88. The summed E-state index contributed by atoms with van der Waals surface area (Å²) in [4.78, 5) is 14.8. The van der Waals surface area contributed by atoms with E-state index in [9.17, 15) is 22.4 Å². The van der Waals surface area contributed by atoms with Gasteiger partial charge in [-0.25, -0.2) is 4.39 Å². The van der Waals surface area contributed by atoms with Crippen LogP contribution in [0.5, 0.6) is 0 Å². The molecular formula is C28H28F4N2O. The molecule has 0 spiro atoms. The summed E-state index contributed by atoms with van der Waals surface area (Å²) in [5.74, 6) is -2.05. The third-order valence-corrected chi connectivity index (χ3v) is 6.61. The number of likely N-dealkylation sites (tertiary alicyclic amines) is 1. The van der Waals surface area contributed by atoms with Crippen molar-refractivity contribution >= 4 is 5.91 Å². The first-order chi connectivity index (χ1) is 16.8. The Morgan fingerprint density at radius 2 is 1.46 bits per heavy atom. The van der Waals surface area contributed by atoms with Crippen LogP contribution in [0.2, 0.25) is 0 Å². The Hall–Kier alpha value is -3.19. The lowest BCUT2D eigenvalue weighted by Gasteiger charge is -2.33. The molecule has 1 aliphatic rings. The number of nitrogens with one attached hydrogen (secondary N) is 1. The molecule has 0 atom stereocenters. The van der Waals surface area contributed by atoms with Gasteiger partial charge in [-0.2, -0.15) is 13.2 Å². The van der Waals surface area contributed by atoms with Crippen LogP contribution in [0.15, 0.2) is 78.9 Å². The van der Waals surface area contributed by atoms with Gasteiger partial charge in [0.25, 0.3) is 5.91 Å². The zero-order chi connectivity index (χ0) is 24.8. The maximum atomic E-state index is 14.3. The number of amides is 1. The molecule has 1 aliphatic heterocycles. The molecule has 0 aliphatic carbocycles. The minimum atomic E-state index is -4.84. The van der Waals surface area contributed by atoms with E-state index in [1.807, 2.05) is 36.4 Å². The molecule has 0 unspecified atom stereocenters.